The molecule has 2 aromatic rings. The van der Waals surface area contributed by atoms with Crippen LogP contribution >= 0.6 is 0 Å². The summed E-state index contributed by atoms with van der Waals surface area (Å²) in [5.74, 6) is -2.77. The number of carbonyl (C=O) groups is 2. The van der Waals surface area contributed by atoms with Crippen molar-refractivity contribution in [2.45, 2.75) is 0 Å². The fraction of sp³-hybridized carbons (Fsp3) is 0. The second-order valence-electron chi connectivity index (χ2n) is 4.74. The number of carboxylic acids is 1. The highest BCUT2D eigenvalue weighted by molar-refractivity contribution is 6.08. The minimum absolute atomic E-state index is 0.190. The molecule has 25 heavy (non-hydrogen) atoms. The van der Waals surface area contributed by atoms with Crippen LogP contribution in [0.5, 0.6) is 5.75 Å². The Balaban J connectivity index is 2.44. The van der Waals surface area contributed by atoms with E-state index in [1.807, 2.05) is 0 Å². The Labute approximate surface area is 138 Å². The zero-order chi connectivity index (χ0) is 18.7. The van der Waals surface area contributed by atoms with E-state index in [-0.39, 0.29) is 11.4 Å². The van der Waals surface area contributed by atoms with Gasteiger partial charge in [0.25, 0.3) is 17.3 Å². The van der Waals surface area contributed by atoms with Crippen LogP contribution in [-0.2, 0) is 0 Å². The molecule has 0 bridgehead atoms. The number of nitrogens with one attached hydrogen (secondary N) is 1. The molecule has 3 N–H and O–H groups in total. The first-order valence-corrected chi connectivity index (χ1v) is 6.50. The van der Waals surface area contributed by atoms with E-state index in [2.05, 4.69) is 5.32 Å². The van der Waals surface area contributed by atoms with Crippen LogP contribution in [0.3, 0.4) is 0 Å². The number of hydrogen-bond donors (Lipinski definition) is 3. The van der Waals surface area contributed by atoms with E-state index in [1.54, 1.807) is 0 Å². The summed E-state index contributed by atoms with van der Waals surface area (Å²) < 4.78 is 0. The number of benzene rings is 2. The normalized spacial score (nSPS) is 10.1. The van der Waals surface area contributed by atoms with Crippen molar-refractivity contribution in [1.29, 1.82) is 0 Å². The molecule has 11 heteroatoms. The zero-order valence-corrected chi connectivity index (χ0v) is 12.2. The molecule has 0 unspecified atom stereocenters. The van der Waals surface area contributed by atoms with Gasteiger partial charge < -0.3 is 15.5 Å². The Bertz CT molecular complexity index is 877. The maximum absolute atomic E-state index is 12.2. The number of aromatic carboxylic acids is 1. The number of nitrogens with zero attached hydrogens (tertiary/aromatic N) is 2. The lowest BCUT2D eigenvalue weighted by atomic mass is 10.1. The third-order valence-corrected chi connectivity index (χ3v) is 3.07. The quantitative estimate of drug-likeness (QED) is 0.419. The lowest BCUT2D eigenvalue weighted by molar-refractivity contribution is -0.394. The van der Waals surface area contributed by atoms with Crippen LogP contribution in [0.1, 0.15) is 20.7 Å². The van der Waals surface area contributed by atoms with Crippen molar-refractivity contribution < 1.29 is 29.6 Å². The summed E-state index contributed by atoms with van der Waals surface area (Å²) in [6.45, 7) is 0. The van der Waals surface area contributed by atoms with E-state index in [0.29, 0.717) is 6.07 Å². The largest absolute Gasteiger partial charge is 0.508 e. The Morgan fingerprint density at radius 1 is 0.960 bits per heavy atom. The Morgan fingerprint density at radius 3 is 2.00 bits per heavy atom. The highest BCUT2D eigenvalue weighted by Gasteiger charge is 2.21. The monoisotopic (exact) mass is 347 g/mol. The number of aromatic hydroxyl groups is 1. The smallest absolute Gasteiger partial charge is 0.337 e. The molecule has 0 fully saturated rings. The van der Waals surface area contributed by atoms with Gasteiger partial charge in [0.15, 0.2) is 0 Å². The Kier molecular flexibility index (Phi) is 4.59. The van der Waals surface area contributed by atoms with Crippen molar-refractivity contribution in [2.75, 3.05) is 5.32 Å². The number of carbonyl (C=O) groups excluding carboxylic acids is 1. The van der Waals surface area contributed by atoms with E-state index in [4.69, 9.17) is 5.11 Å². The molecule has 0 aromatic heterocycles. The van der Waals surface area contributed by atoms with Gasteiger partial charge in [-0.1, -0.05) is 0 Å². The topological polar surface area (TPSA) is 173 Å². The molecule has 0 atom stereocenters. The summed E-state index contributed by atoms with van der Waals surface area (Å²) in [4.78, 5) is 43.2. The van der Waals surface area contributed by atoms with Crippen LogP contribution in [0.4, 0.5) is 17.1 Å². The number of phenolic OH excluding ortho intramolecular Hbond substituents is 1. The number of non-ortho nitro benzene ring substituents is 2. The first-order valence-electron chi connectivity index (χ1n) is 6.50. The van der Waals surface area contributed by atoms with Gasteiger partial charge in [-0.05, 0) is 18.2 Å². The van der Waals surface area contributed by atoms with Crippen LogP contribution in [0.15, 0.2) is 36.4 Å². The van der Waals surface area contributed by atoms with Crippen LogP contribution in [0, 0.1) is 20.2 Å². The van der Waals surface area contributed by atoms with Crippen molar-refractivity contribution in [3.8, 4) is 5.75 Å². The average molecular weight is 347 g/mol. The SMILES string of the molecule is O=C(Nc1ccc(O)cc1C(=O)O)c1cc([N+](=O)[O-])cc([N+](=O)[O-])c1. The fourth-order valence-corrected chi connectivity index (χ4v) is 1.95. The van der Waals surface area contributed by atoms with Gasteiger partial charge in [0.2, 0.25) is 0 Å². The molecule has 0 spiro atoms. The van der Waals surface area contributed by atoms with Gasteiger partial charge in [-0.3, -0.25) is 25.0 Å². The highest BCUT2D eigenvalue weighted by atomic mass is 16.6. The molecule has 0 saturated carbocycles. The maximum atomic E-state index is 12.2. The van der Waals surface area contributed by atoms with Crippen molar-refractivity contribution >= 4 is 28.9 Å². The second-order valence-corrected chi connectivity index (χ2v) is 4.74. The third kappa shape index (κ3) is 3.85. The zero-order valence-electron chi connectivity index (χ0n) is 12.2. The molecule has 0 aliphatic heterocycles. The number of nitro benzene ring substituents is 2. The number of phenols is 1. The molecule has 0 radical (unpaired) electrons. The van der Waals surface area contributed by atoms with Gasteiger partial charge in [0, 0.05) is 12.1 Å². The number of rotatable bonds is 5. The predicted molar refractivity (Wildman–Crippen MR) is 82.8 cm³/mol. The molecular weight excluding hydrogens is 338 g/mol. The number of nitro groups is 2. The molecule has 1 amide bonds. The van der Waals surface area contributed by atoms with Crippen LogP contribution in [0.2, 0.25) is 0 Å². The molecule has 0 aliphatic rings. The number of carboxylic acid groups (broad SMARTS) is 1. The minimum atomic E-state index is -1.43. The molecule has 2 rings (SSSR count). The van der Waals surface area contributed by atoms with Gasteiger partial charge in [0.1, 0.15) is 5.75 Å². The lowest BCUT2D eigenvalue weighted by Gasteiger charge is -2.09. The first kappa shape index (κ1) is 17.3. The van der Waals surface area contributed by atoms with E-state index >= 15 is 0 Å². The number of hydrogen-bond acceptors (Lipinski definition) is 7. The third-order valence-electron chi connectivity index (χ3n) is 3.07. The van der Waals surface area contributed by atoms with E-state index in [0.717, 1.165) is 30.3 Å². The summed E-state index contributed by atoms with van der Waals surface area (Å²) >= 11 is 0. The molecule has 0 aliphatic carbocycles. The maximum Gasteiger partial charge on any atom is 0.337 e. The summed E-state index contributed by atoms with van der Waals surface area (Å²) in [5.41, 5.74) is -2.34. The number of amides is 1. The van der Waals surface area contributed by atoms with Crippen molar-refractivity contribution in [3.63, 3.8) is 0 Å². The predicted octanol–water partition coefficient (Wildman–Crippen LogP) is 2.16. The average Bonchev–Trinajstić information content (AvgIpc) is 2.55. The van der Waals surface area contributed by atoms with Crippen LogP contribution in [0.25, 0.3) is 0 Å². The van der Waals surface area contributed by atoms with E-state index in [9.17, 15) is 34.9 Å². The van der Waals surface area contributed by atoms with E-state index in [1.165, 1.54) is 0 Å². The molecule has 11 nitrogen and oxygen atoms in total. The van der Waals surface area contributed by atoms with Crippen molar-refractivity contribution in [3.05, 3.63) is 67.8 Å². The minimum Gasteiger partial charge on any atom is -0.508 e. The summed E-state index contributed by atoms with van der Waals surface area (Å²) in [5, 5.41) is 42.2. The lowest BCUT2D eigenvalue weighted by Crippen LogP contribution is -2.15. The van der Waals surface area contributed by atoms with Crippen LogP contribution < -0.4 is 5.32 Å². The molecular formula is C14H9N3O8. The van der Waals surface area contributed by atoms with Gasteiger partial charge in [-0.15, -0.1) is 0 Å². The molecule has 2 aromatic carbocycles. The fourth-order valence-electron chi connectivity index (χ4n) is 1.95. The Morgan fingerprint density at radius 2 is 1.52 bits per heavy atom. The summed E-state index contributed by atoms with van der Waals surface area (Å²) in [6.07, 6.45) is 0. The van der Waals surface area contributed by atoms with E-state index < -0.39 is 44.2 Å². The molecule has 0 heterocycles. The van der Waals surface area contributed by atoms with Crippen molar-refractivity contribution in [1.82, 2.24) is 0 Å². The number of anilines is 1. The summed E-state index contributed by atoms with van der Waals surface area (Å²) in [6, 6.07) is 5.47. The van der Waals surface area contributed by atoms with Crippen molar-refractivity contribution in [2.24, 2.45) is 0 Å². The van der Waals surface area contributed by atoms with Crippen LogP contribution in [-0.4, -0.2) is 31.9 Å². The molecule has 128 valence electrons. The first-order chi connectivity index (χ1) is 11.7. The Hall–Kier alpha value is -4.02. The highest BCUT2D eigenvalue weighted by Crippen LogP contribution is 2.25. The van der Waals surface area contributed by atoms with Gasteiger partial charge in [-0.25, -0.2) is 4.79 Å². The molecule has 0 saturated heterocycles. The van der Waals surface area contributed by atoms with Gasteiger partial charge >= 0.3 is 5.97 Å². The summed E-state index contributed by atoms with van der Waals surface area (Å²) in [7, 11) is 0. The standard InChI is InChI=1S/C14H9N3O8/c18-10-1-2-12(11(6-10)14(20)21)15-13(19)7-3-8(16(22)23)5-9(4-7)17(24)25/h1-6,18H,(H,15,19)(H,20,21). The van der Waals surface area contributed by atoms with Gasteiger partial charge in [0.05, 0.1) is 32.7 Å². The van der Waals surface area contributed by atoms with Gasteiger partial charge in [-0.2, -0.15) is 0 Å². The second kappa shape index (κ2) is 6.62.